The van der Waals surface area contributed by atoms with Gasteiger partial charge in [0.25, 0.3) is 0 Å². The van der Waals surface area contributed by atoms with Gasteiger partial charge >= 0.3 is 6.01 Å². The van der Waals surface area contributed by atoms with E-state index in [1.165, 1.54) is 36.8 Å². The molecule has 0 saturated carbocycles. The summed E-state index contributed by atoms with van der Waals surface area (Å²) < 4.78 is 6.21. The summed E-state index contributed by atoms with van der Waals surface area (Å²) in [6.07, 6.45) is 4.91. The number of nitrogens with one attached hydrogen (secondary N) is 1. The molecule has 0 aliphatic carbocycles. The zero-order chi connectivity index (χ0) is 21.5. The van der Waals surface area contributed by atoms with E-state index in [1.54, 1.807) is 0 Å². The summed E-state index contributed by atoms with van der Waals surface area (Å²) in [4.78, 5) is 14.6. The molecule has 3 saturated heterocycles. The van der Waals surface area contributed by atoms with E-state index in [-0.39, 0.29) is 0 Å². The van der Waals surface area contributed by atoms with Crippen LogP contribution in [0.5, 0.6) is 6.01 Å². The molecule has 3 aliphatic rings. The first-order chi connectivity index (χ1) is 15.7. The Morgan fingerprint density at radius 3 is 2.53 bits per heavy atom. The molecule has 3 atom stereocenters. The number of anilines is 1. The van der Waals surface area contributed by atoms with Gasteiger partial charge in [-0.25, -0.2) is 0 Å². The van der Waals surface area contributed by atoms with Crippen molar-refractivity contribution < 1.29 is 4.74 Å². The van der Waals surface area contributed by atoms with Gasteiger partial charge in [-0.15, -0.1) is 0 Å². The Balaban J connectivity index is 1.38. The number of rotatable bonds is 5. The molecule has 3 aliphatic heterocycles. The summed E-state index contributed by atoms with van der Waals surface area (Å²) in [6.45, 7) is 3.77. The Morgan fingerprint density at radius 1 is 0.969 bits per heavy atom. The predicted molar refractivity (Wildman–Crippen MR) is 128 cm³/mol. The van der Waals surface area contributed by atoms with Crippen LogP contribution in [0.15, 0.2) is 48.5 Å². The third kappa shape index (κ3) is 3.82. The smallest absolute Gasteiger partial charge is 0.319 e. The summed E-state index contributed by atoms with van der Waals surface area (Å²) in [5, 5.41) is 4.84. The second kappa shape index (κ2) is 8.34. The van der Waals surface area contributed by atoms with E-state index >= 15 is 0 Å². The average Bonchev–Trinajstić information content (AvgIpc) is 3.40. The van der Waals surface area contributed by atoms with Gasteiger partial charge in [-0.05, 0) is 62.5 Å². The van der Waals surface area contributed by atoms with Crippen molar-refractivity contribution in [2.45, 2.75) is 43.8 Å². The number of likely N-dealkylation sites (tertiary alicyclic amines) is 1. The monoisotopic (exact) mass is 429 g/mol. The summed E-state index contributed by atoms with van der Waals surface area (Å²) in [6, 6.07) is 19.1. The summed E-state index contributed by atoms with van der Waals surface area (Å²) in [7, 11) is 2.18. The lowest BCUT2D eigenvalue weighted by Gasteiger charge is -2.34. The van der Waals surface area contributed by atoms with Crippen LogP contribution >= 0.6 is 0 Å². The van der Waals surface area contributed by atoms with Crippen LogP contribution in [-0.2, 0) is 0 Å². The maximum Gasteiger partial charge on any atom is 0.319 e. The summed E-state index contributed by atoms with van der Waals surface area (Å²) in [5.74, 6) is 1.02. The molecule has 1 aromatic heterocycles. The number of hydrogen-bond donors (Lipinski definition) is 1. The fourth-order valence-electron chi connectivity index (χ4n) is 5.54. The van der Waals surface area contributed by atoms with Gasteiger partial charge in [-0.1, -0.05) is 36.4 Å². The van der Waals surface area contributed by atoms with Gasteiger partial charge in [0.2, 0.25) is 0 Å². The zero-order valence-electron chi connectivity index (χ0n) is 18.7. The fraction of sp³-hybridized carbons (Fsp3) is 0.462. The highest BCUT2D eigenvalue weighted by Crippen LogP contribution is 2.33. The SMILES string of the molecule is CN1CCC[C@H]1COc1nc(N2C[C@H]3CC[C@@H](C2)N3)c2ccc(-c3ccccc3)cc2n1. The van der Waals surface area contributed by atoms with Crippen molar-refractivity contribution >= 4 is 16.7 Å². The van der Waals surface area contributed by atoms with Crippen molar-refractivity contribution in [1.82, 2.24) is 20.2 Å². The maximum absolute atomic E-state index is 6.21. The summed E-state index contributed by atoms with van der Waals surface area (Å²) >= 11 is 0. The quantitative estimate of drug-likeness (QED) is 0.667. The van der Waals surface area contributed by atoms with E-state index < -0.39 is 0 Å². The second-order valence-electron chi connectivity index (χ2n) is 9.56. The standard InChI is InChI=1S/C26H31N5O/c1-30-13-5-8-22(30)17-32-26-28-24-14-19(18-6-3-2-4-7-18)9-12-23(24)25(29-26)31-15-20-10-11-21(16-31)27-20/h2-4,6-7,9,12,14,20-22,27H,5,8,10-11,13,15-17H2,1H3/t20-,21+,22-/m0/s1. The van der Waals surface area contributed by atoms with E-state index in [1.807, 2.05) is 0 Å². The van der Waals surface area contributed by atoms with Gasteiger partial charge in [0.05, 0.1) is 5.52 Å². The number of likely N-dealkylation sites (N-methyl/N-ethyl adjacent to an activating group) is 1. The average molecular weight is 430 g/mol. The number of piperazine rings is 1. The summed E-state index contributed by atoms with van der Waals surface area (Å²) in [5.41, 5.74) is 3.33. The van der Waals surface area contributed by atoms with Crippen LogP contribution in [-0.4, -0.2) is 66.3 Å². The Kier molecular flexibility index (Phi) is 5.20. The van der Waals surface area contributed by atoms with Crippen molar-refractivity contribution in [2.24, 2.45) is 0 Å². The minimum absolute atomic E-state index is 0.448. The molecule has 4 heterocycles. The number of hydrogen-bond acceptors (Lipinski definition) is 6. The van der Waals surface area contributed by atoms with Gasteiger partial charge in [-0.2, -0.15) is 9.97 Å². The highest BCUT2D eigenvalue weighted by Gasteiger charge is 2.33. The van der Waals surface area contributed by atoms with Crippen molar-refractivity contribution in [2.75, 3.05) is 38.2 Å². The normalized spacial score (nSPS) is 25.5. The molecule has 6 rings (SSSR count). The number of aromatic nitrogens is 2. The Labute approximate surface area is 189 Å². The Morgan fingerprint density at radius 2 is 1.78 bits per heavy atom. The van der Waals surface area contributed by atoms with Crippen LogP contribution in [0.25, 0.3) is 22.0 Å². The van der Waals surface area contributed by atoms with E-state index in [4.69, 9.17) is 14.7 Å². The number of ether oxygens (including phenoxy) is 1. The first kappa shape index (κ1) is 19.9. The molecule has 166 valence electrons. The lowest BCUT2D eigenvalue weighted by molar-refractivity contribution is 0.188. The van der Waals surface area contributed by atoms with Crippen LogP contribution in [0.3, 0.4) is 0 Å². The minimum Gasteiger partial charge on any atom is -0.462 e. The number of benzene rings is 2. The molecule has 2 bridgehead atoms. The Hall–Kier alpha value is -2.70. The van der Waals surface area contributed by atoms with Crippen molar-refractivity contribution in [3.05, 3.63) is 48.5 Å². The lowest BCUT2D eigenvalue weighted by atomic mass is 10.0. The molecule has 3 fully saturated rings. The first-order valence-electron chi connectivity index (χ1n) is 11.9. The lowest BCUT2D eigenvalue weighted by Crippen LogP contribution is -2.51. The van der Waals surface area contributed by atoms with Crippen LogP contribution < -0.4 is 15.0 Å². The molecular formula is C26H31N5O. The highest BCUT2D eigenvalue weighted by atomic mass is 16.5. The molecule has 0 amide bonds. The van der Waals surface area contributed by atoms with E-state index in [0.717, 1.165) is 36.4 Å². The molecule has 1 N–H and O–H groups in total. The fourth-order valence-corrected chi connectivity index (χ4v) is 5.54. The maximum atomic E-state index is 6.21. The van der Waals surface area contributed by atoms with Gasteiger partial charge in [0.15, 0.2) is 0 Å². The molecular weight excluding hydrogens is 398 g/mol. The topological polar surface area (TPSA) is 53.5 Å². The van der Waals surface area contributed by atoms with Crippen LogP contribution in [0.1, 0.15) is 25.7 Å². The van der Waals surface area contributed by atoms with E-state index in [2.05, 4.69) is 70.7 Å². The van der Waals surface area contributed by atoms with Gasteiger partial charge < -0.3 is 19.9 Å². The molecule has 0 radical (unpaired) electrons. The second-order valence-corrected chi connectivity index (χ2v) is 9.56. The van der Waals surface area contributed by atoms with Crippen LogP contribution in [0, 0.1) is 0 Å². The molecule has 0 unspecified atom stereocenters. The van der Waals surface area contributed by atoms with Crippen molar-refractivity contribution in [3.63, 3.8) is 0 Å². The molecule has 0 spiro atoms. The van der Waals surface area contributed by atoms with E-state index in [0.29, 0.717) is 30.7 Å². The highest BCUT2D eigenvalue weighted by molar-refractivity contribution is 5.93. The third-order valence-electron chi connectivity index (χ3n) is 7.36. The van der Waals surface area contributed by atoms with Crippen LogP contribution in [0.4, 0.5) is 5.82 Å². The van der Waals surface area contributed by atoms with Crippen LogP contribution in [0.2, 0.25) is 0 Å². The zero-order valence-corrected chi connectivity index (χ0v) is 18.7. The number of nitrogens with zero attached hydrogens (tertiary/aromatic N) is 4. The molecule has 32 heavy (non-hydrogen) atoms. The van der Waals surface area contributed by atoms with Crippen molar-refractivity contribution in [3.8, 4) is 17.1 Å². The molecule has 2 aromatic carbocycles. The first-order valence-corrected chi connectivity index (χ1v) is 11.9. The largest absolute Gasteiger partial charge is 0.462 e. The molecule has 6 heteroatoms. The minimum atomic E-state index is 0.448. The van der Waals surface area contributed by atoms with Gasteiger partial charge in [-0.3, -0.25) is 0 Å². The third-order valence-corrected chi connectivity index (χ3v) is 7.36. The number of fused-ring (bicyclic) bond motifs is 3. The van der Waals surface area contributed by atoms with Gasteiger partial charge in [0, 0.05) is 36.6 Å². The Bertz CT molecular complexity index is 1090. The molecule has 6 nitrogen and oxygen atoms in total. The van der Waals surface area contributed by atoms with Crippen molar-refractivity contribution in [1.29, 1.82) is 0 Å². The van der Waals surface area contributed by atoms with Gasteiger partial charge in [0.1, 0.15) is 12.4 Å². The van der Waals surface area contributed by atoms with E-state index in [9.17, 15) is 0 Å². The molecule has 3 aromatic rings. The predicted octanol–water partition coefficient (Wildman–Crippen LogP) is 3.71.